The minimum Gasteiger partial charge on any atom is -0.493 e. The number of rotatable bonds is 4. The van der Waals surface area contributed by atoms with E-state index in [-0.39, 0.29) is 4.99 Å². The lowest BCUT2D eigenvalue weighted by Crippen LogP contribution is -2.11. The number of nitrogens with two attached hydrogens (primary N) is 1. The van der Waals surface area contributed by atoms with E-state index in [0.717, 1.165) is 10.0 Å². The van der Waals surface area contributed by atoms with Crippen molar-refractivity contribution in [3.8, 4) is 17.2 Å². The maximum absolute atomic E-state index is 5.91. The van der Waals surface area contributed by atoms with Crippen molar-refractivity contribution in [3.63, 3.8) is 0 Å². The smallest absolute Gasteiger partial charge is 0.169 e. The molecule has 0 heterocycles. The fraction of sp³-hybridized carbons (Fsp3) is 0.133. The van der Waals surface area contributed by atoms with Crippen molar-refractivity contribution < 1.29 is 9.47 Å². The maximum Gasteiger partial charge on any atom is 0.169 e. The van der Waals surface area contributed by atoms with Crippen LogP contribution >= 0.6 is 28.1 Å². The van der Waals surface area contributed by atoms with Crippen LogP contribution in [0.2, 0.25) is 0 Å². The quantitative estimate of drug-likeness (QED) is 0.838. The second kappa shape index (κ2) is 6.24. The maximum atomic E-state index is 5.91. The van der Waals surface area contributed by atoms with Gasteiger partial charge in [0.1, 0.15) is 10.7 Å². The number of halogens is 1. The number of hydrogen-bond donors (Lipinski definition) is 1. The highest BCUT2D eigenvalue weighted by molar-refractivity contribution is 9.10. The fourth-order valence-corrected chi connectivity index (χ4v) is 2.71. The van der Waals surface area contributed by atoms with E-state index < -0.39 is 0 Å². The van der Waals surface area contributed by atoms with Crippen LogP contribution in [0.5, 0.6) is 17.2 Å². The van der Waals surface area contributed by atoms with Gasteiger partial charge in [-0.15, -0.1) is 0 Å². The van der Waals surface area contributed by atoms with Crippen LogP contribution in [-0.2, 0) is 0 Å². The minimum absolute atomic E-state index is 0.276. The summed E-state index contributed by atoms with van der Waals surface area (Å²) < 4.78 is 12.0. The molecule has 20 heavy (non-hydrogen) atoms. The van der Waals surface area contributed by atoms with Crippen LogP contribution < -0.4 is 15.2 Å². The van der Waals surface area contributed by atoms with Gasteiger partial charge in [0.25, 0.3) is 0 Å². The molecule has 2 aromatic carbocycles. The van der Waals surface area contributed by atoms with Crippen molar-refractivity contribution in [1.82, 2.24) is 0 Å². The third kappa shape index (κ3) is 3.11. The topological polar surface area (TPSA) is 44.5 Å². The van der Waals surface area contributed by atoms with E-state index >= 15 is 0 Å². The normalized spacial score (nSPS) is 10.2. The molecule has 2 rings (SSSR count). The molecule has 0 aliphatic carbocycles. The zero-order valence-electron chi connectivity index (χ0n) is 11.1. The summed E-state index contributed by atoms with van der Waals surface area (Å²) >= 11 is 8.50. The molecule has 0 aliphatic heterocycles. The molecule has 3 nitrogen and oxygen atoms in total. The number of methoxy groups -OCH3 is 1. The van der Waals surface area contributed by atoms with Gasteiger partial charge in [0.2, 0.25) is 0 Å². The molecule has 0 aromatic heterocycles. The molecule has 0 unspecified atom stereocenters. The van der Waals surface area contributed by atoms with Gasteiger partial charge in [0.15, 0.2) is 11.5 Å². The third-order valence-corrected chi connectivity index (χ3v) is 3.63. The Morgan fingerprint density at radius 2 is 1.90 bits per heavy atom. The summed E-state index contributed by atoms with van der Waals surface area (Å²) in [6.45, 7) is 1.99. The Balaban J connectivity index is 2.45. The standard InChI is InChI=1S/C15H14BrNO2S/c1-9-6-7-11(13(8-9)18-2)19-12-5-3-4-10(16)14(12)15(17)20/h3-8H,1-2H3,(H2,17,20). The van der Waals surface area contributed by atoms with Gasteiger partial charge in [-0.25, -0.2) is 0 Å². The van der Waals surface area contributed by atoms with Crippen LogP contribution in [0.25, 0.3) is 0 Å². The molecule has 0 aliphatic rings. The summed E-state index contributed by atoms with van der Waals surface area (Å²) in [5.74, 6) is 1.88. The first-order valence-electron chi connectivity index (χ1n) is 5.93. The van der Waals surface area contributed by atoms with E-state index in [2.05, 4.69) is 15.9 Å². The molecule has 0 fully saturated rings. The van der Waals surface area contributed by atoms with Crippen molar-refractivity contribution in [3.05, 3.63) is 52.0 Å². The Hall–Kier alpha value is -1.59. The molecule has 2 N–H and O–H groups in total. The van der Waals surface area contributed by atoms with Crippen molar-refractivity contribution in [2.75, 3.05) is 7.11 Å². The third-order valence-electron chi connectivity index (χ3n) is 2.76. The fourth-order valence-electron chi connectivity index (χ4n) is 1.81. The number of thiocarbonyl (C=S) groups is 1. The molecular formula is C15H14BrNO2S. The molecule has 0 spiro atoms. The second-order valence-corrected chi connectivity index (χ2v) is 5.53. The molecule has 104 valence electrons. The monoisotopic (exact) mass is 351 g/mol. The first kappa shape index (κ1) is 14.8. The lowest BCUT2D eigenvalue weighted by atomic mass is 10.2. The van der Waals surface area contributed by atoms with E-state index in [0.29, 0.717) is 22.8 Å². The van der Waals surface area contributed by atoms with Crippen LogP contribution in [-0.4, -0.2) is 12.1 Å². The first-order valence-corrected chi connectivity index (χ1v) is 7.14. The number of hydrogen-bond acceptors (Lipinski definition) is 3. The van der Waals surface area contributed by atoms with Gasteiger partial charge < -0.3 is 15.2 Å². The van der Waals surface area contributed by atoms with Gasteiger partial charge in [-0.05, 0) is 52.7 Å². The highest BCUT2D eigenvalue weighted by Gasteiger charge is 2.13. The SMILES string of the molecule is COc1cc(C)ccc1Oc1cccc(Br)c1C(N)=S. The Labute approximate surface area is 131 Å². The highest BCUT2D eigenvalue weighted by atomic mass is 79.9. The number of benzene rings is 2. The predicted molar refractivity (Wildman–Crippen MR) is 87.8 cm³/mol. The summed E-state index contributed by atoms with van der Waals surface area (Å²) in [6, 6.07) is 11.3. The molecule has 0 atom stereocenters. The average Bonchev–Trinajstić information content (AvgIpc) is 2.40. The van der Waals surface area contributed by atoms with Gasteiger partial charge in [-0.2, -0.15) is 0 Å². The van der Waals surface area contributed by atoms with Crippen molar-refractivity contribution >= 4 is 33.1 Å². The largest absolute Gasteiger partial charge is 0.493 e. The van der Waals surface area contributed by atoms with Gasteiger partial charge in [-0.1, -0.05) is 24.4 Å². The van der Waals surface area contributed by atoms with Crippen LogP contribution in [0.1, 0.15) is 11.1 Å². The number of ether oxygens (including phenoxy) is 2. The summed E-state index contributed by atoms with van der Waals surface area (Å²) in [5, 5.41) is 0. The van der Waals surface area contributed by atoms with Crippen LogP contribution in [0.4, 0.5) is 0 Å². The molecule has 0 amide bonds. The van der Waals surface area contributed by atoms with E-state index in [1.165, 1.54) is 0 Å². The summed E-state index contributed by atoms with van der Waals surface area (Å²) in [5.41, 5.74) is 7.52. The van der Waals surface area contributed by atoms with E-state index in [9.17, 15) is 0 Å². The summed E-state index contributed by atoms with van der Waals surface area (Å²) in [6.07, 6.45) is 0. The summed E-state index contributed by atoms with van der Waals surface area (Å²) in [4.78, 5) is 0.276. The summed E-state index contributed by atoms with van der Waals surface area (Å²) in [7, 11) is 1.61. The van der Waals surface area contributed by atoms with Crippen LogP contribution in [0.3, 0.4) is 0 Å². The Morgan fingerprint density at radius 3 is 2.55 bits per heavy atom. The van der Waals surface area contributed by atoms with Gasteiger partial charge >= 0.3 is 0 Å². The molecule has 0 saturated heterocycles. The van der Waals surface area contributed by atoms with Gasteiger partial charge in [0, 0.05) is 4.47 Å². The molecule has 5 heteroatoms. The van der Waals surface area contributed by atoms with Gasteiger partial charge in [-0.3, -0.25) is 0 Å². The second-order valence-electron chi connectivity index (χ2n) is 4.23. The van der Waals surface area contributed by atoms with E-state index in [4.69, 9.17) is 27.4 Å². The van der Waals surface area contributed by atoms with Crippen molar-refractivity contribution in [2.24, 2.45) is 5.73 Å². The van der Waals surface area contributed by atoms with Crippen LogP contribution in [0.15, 0.2) is 40.9 Å². The predicted octanol–water partition coefficient (Wildman–Crippen LogP) is 4.19. The lowest BCUT2D eigenvalue weighted by molar-refractivity contribution is 0.378. The average molecular weight is 352 g/mol. The van der Waals surface area contributed by atoms with Gasteiger partial charge in [0.05, 0.1) is 12.7 Å². The molecular weight excluding hydrogens is 338 g/mol. The molecule has 0 radical (unpaired) electrons. The van der Waals surface area contributed by atoms with E-state index in [1.807, 2.05) is 43.3 Å². The minimum atomic E-state index is 0.276. The highest BCUT2D eigenvalue weighted by Crippen LogP contribution is 2.35. The zero-order valence-corrected chi connectivity index (χ0v) is 13.5. The molecule has 0 saturated carbocycles. The Bertz CT molecular complexity index is 658. The van der Waals surface area contributed by atoms with Crippen LogP contribution in [0, 0.1) is 6.92 Å². The Kier molecular flexibility index (Phi) is 4.62. The van der Waals surface area contributed by atoms with E-state index in [1.54, 1.807) is 7.11 Å². The zero-order chi connectivity index (χ0) is 14.7. The first-order chi connectivity index (χ1) is 9.52. The molecule has 2 aromatic rings. The number of aryl methyl sites for hydroxylation is 1. The molecule has 0 bridgehead atoms. The van der Waals surface area contributed by atoms with Crippen molar-refractivity contribution in [1.29, 1.82) is 0 Å². The lowest BCUT2D eigenvalue weighted by Gasteiger charge is -2.14. The Morgan fingerprint density at radius 1 is 1.15 bits per heavy atom. The van der Waals surface area contributed by atoms with Crippen molar-refractivity contribution in [2.45, 2.75) is 6.92 Å².